The molecule has 5 rings (SSSR count). The molecule has 0 saturated heterocycles. The van der Waals surface area contributed by atoms with Crippen LogP contribution in [0.15, 0.2) is 71.4 Å². The Balaban J connectivity index is 1.51. The first-order valence-electron chi connectivity index (χ1n) is 8.47. The lowest BCUT2D eigenvalue weighted by Crippen LogP contribution is -2.01. The summed E-state index contributed by atoms with van der Waals surface area (Å²) in [4.78, 5) is 4.62. The van der Waals surface area contributed by atoms with Gasteiger partial charge in [0.2, 0.25) is 0 Å². The quantitative estimate of drug-likeness (QED) is 0.506. The molecule has 0 fully saturated rings. The zero-order valence-electron chi connectivity index (χ0n) is 14.3. The average molecular weight is 343 g/mol. The number of rotatable bonds is 4. The van der Waals surface area contributed by atoms with Crippen LogP contribution >= 0.6 is 0 Å². The lowest BCUT2D eigenvalue weighted by molar-refractivity contribution is 0.417. The molecular weight excluding hydrogens is 326 g/mol. The highest BCUT2D eigenvalue weighted by molar-refractivity contribution is 6.06. The van der Waals surface area contributed by atoms with Crippen molar-refractivity contribution in [3.05, 3.63) is 72.7 Å². The topological polar surface area (TPSA) is 51.7 Å². The van der Waals surface area contributed by atoms with E-state index in [0.717, 1.165) is 44.7 Å². The van der Waals surface area contributed by atoms with Gasteiger partial charge in [0.05, 0.1) is 25.0 Å². The lowest BCUT2D eigenvalue weighted by atomic mass is 10.1. The Morgan fingerprint density at radius 1 is 1.04 bits per heavy atom. The maximum absolute atomic E-state index is 5.98. The summed E-state index contributed by atoms with van der Waals surface area (Å²) < 4.78 is 13.6. The van der Waals surface area contributed by atoms with Gasteiger partial charge in [0.15, 0.2) is 0 Å². The largest absolute Gasteiger partial charge is 0.495 e. The van der Waals surface area contributed by atoms with Gasteiger partial charge in [-0.25, -0.2) is 4.98 Å². The minimum Gasteiger partial charge on any atom is -0.495 e. The summed E-state index contributed by atoms with van der Waals surface area (Å²) >= 11 is 0. The molecule has 0 radical (unpaired) electrons. The maximum Gasteiger partial charge on any atom is 0.142 e. The molecule has 0 unspecified atom stereocenters. The molecule has 0 atom stereocenters. The molecule has 0 aliphatic carbocycles. The van der Waals surface area contributed by atoms with Crippen molar-refractivity contribution in [2.24, 2.45) is 0 Å². The second-order valence-corrected chi connectivity index (χ2v) is 6.20. The Morgan fingerprint density at radius 2 is 1.92 bits per heavy atom. The van der Waals surface area contributed by atoms with E-state index in [1.165, 1.54) is 0 Å². The predicted octanol–water partition coefficient (Wildman–Crippen LogP) is 4.85. The number of anilines is 1. The normalized spacial score (nSPS) is 11.4. The van der Waals surface area contributed by atoms with Crippen molar-refractivity contribution in [3.8, 4) is 5.75 Å². The highest BCUT2D eigenvalue weighted by Crippen LogP contribution is 2.36. The van der Waals surface area contributed by atoms with Crippen LogP contribution in [0.3, 0.4) is 0 Å². The van der Waals surface area contributed by atoms with Crippen molar-refractivity contribution < 1.29 is 9.15 Å². The van der Waals surface area contributed by atoms with Gasteiger partial charge in [0.1, 0.15) is 22.6 Å². The fraction of sp³-hybridized carbons (Fsp3) is 0.0952. The second kappa shape index (κ2) is 5.81. The van der Waals surface area contributed by atoms with Crippen LogP contribution in [0, 0.1) is 0 Å². The first kappa shape index (κ1) is 14.8. The molecule has 0 saturated carbocycles. The summed E-state index contributed by atoms with van der Waals surface area (Å²) in [6.07, 6.45) is 4.02. The van der Waals surface area contributed by atoms with Crippen LogP contribution in [0.2, 0.25) is 0 Å². The summed E-state index contributed by atoms with van der Waals surface area (Å²) in [6.45, 7) is 0.601. The highest BCUT2D eigenvalue weighted by Gasteiger charge is 2.12. The van der Waals surface area contributed by atoms with Gasteiger partial charge in [0.25, 0.3) is 0 Å². The predicted molar refractivity (Wildman–Crippen MR) is 103 cm³/mol. The number of aromatic nitrogens is 2. The monoisotopic (exact) mass is 343 g/mol. The van der Waals surface area contributed by atoms with Crippen LogP contribution in [0.4, 0.5) is 5.69 Å². The van der Waals surface area contributed by atoms with Gasteiger partial charge in [-0.2, -0.15) is 0 Å². The number of nitrogens with one attached hydrogen (secondary N) is 1. The van der Waals surface area contributed by atoms with Crippen molar-refractivity contribution in [1.82, 2.24) is 9.38 Å². The van der Waals surface area contributed by atoms with Gasteiger partial charge in [-0.3, -0.25) is 0 Å². The van der Waals surface area contributed by atoms with E-state index in [1.807, 2.05) is 65.3 Å². The summed E-state index contributed by atoms with van der Waals surface area (Å²) in [5.74, 6) is 0.785. The highest BCUT2D eigenvalue weighted by atomic mass is 16.5. The average Bonchev–Trinajstić information content (AvgIpc) is 3.25. The van der Waals surface area contributed by atoms with Crippen molar-refractivity contribution in [1.29, 1.82) is 0 Å². The number of pyridine rings is 1. The smallest absolute Gasteiger partial charge is 0.142 e. The van der Waals surface area contributed by atoms with Crippen LogP contribution < -0.4 is 10.1 Å². The Hall–Kier alpha value is -3.47. The number of fused-ring (bicyclic) bond motifs is 4. The summed E-state index contributed by atoms with van der Waals surface area (Å²) in [5.41, 5.74) is 4.50. The summed E-state index contributed by atoms with van der Waals surface area (Å²) in [5, 5.41) is 5.56. The maximum atomic E-state index is 5.98. The molecule has 5 aromatic rings. The van der Waals surface area contributed by atoms with Crippen LogP contribution in [-0.4, -0.2) is 16.5 Å². The first-order chi connectivity index (χ1) is 12.8. The van der Waals surface area contributed by atoms with E-state index >= 15 is 0 Å². The summed E-state index contributed by atoms with van der Waals surface area (Å²) in [7, 11) is 1.68. The number of imidazole rings is 1. The first-order valence-corrected chi connectivity index (χ1v) is 8.47. The van der Waals surface area contributed by atoms with E-state index in [0.29, 0.717) is 6.54 Å². The van der Waals surface area contributed by atoms with Gasteiger partial charge in [-0.15, -0.1) is 0 Å². The van der Waals surface area contributed by atoms with Crippen LogP contribution in [0.5, 0.6) is 5.75 Å². The number of hydrogen-bond acceptors (Lipinski definition) is 4. The van der Waals surface area contributed by atoms with E-state index in [9.17, 15) is 0 Å². The minimum absolute atomic E-state index is 0.601. The molecule has 0 spiro atoms. The van der Waals surface area contributed by atoms with E-state index in [1.54, 1.807) is 7.11 Å². The van der Waals surface area contributed by atoms with Gasteiger partial charge >= 0.3 is 0 Å². The van der Waals surface area contributed by atoms with Gasteiger partial charge in [-0.05, 0) is 24.3 Å². The summed E-state index contributed by atoms with van der Waals surface area (Å²) in [6, 6.07) is 18.0. The lowest BCUT2D eigenvalue weighted by Gasteiger charge is -2.10. The Morgan fingerprint density at radius 3 is 2.81 bits per heavy atom. The van der Waals surface area contributed by atoms with E-state index in [4.69, 9.17) is 9.15 Å². The number of furan rings is 1. The molecule has 5 heteroatoms. The van der Waals surface area contributed by atoms with Gasteiger partial charge < -0.3 is 18.9 Å². The molecule has 5 nitrogen and oxygen atoms in total. The van der Waals surface area contributed by atoms with Crippen LogP contribution in [0.25, 0.3) is 27.6 Å². The molecule has 3 aromatic heterocycles. The molecule has 1 N–H and O–H groups in total. The molecule has 0 aliphatic rings. The van der Waals surface area contributed by atoms with Crippen molar-refractivity contribution >= 4 is 33.3 Å². The fourth-order valence-corrected chi connectivity index (χ4v) is 3.32. The molecular formula is C21H17N3O2. The van der Waals surface area contributed by atoms with E-state index in [-0.39, 0.29) is 0 Å². The third-order valence-corrected chi connectivity index (χ3v) is 4.57. The van der Waals surface area contributed by atoms with Crippen molar-refractivity contribution in [2.45, 2.75) is 6.54 Å². The van der Waals surface area contributed by atoms with Crippen molar-refractivity contribution in [3.63, 3.8) is 0 Å². The molecule has 26 heavy (non-hydrogen) atoms. The molecule has 2 aromatic carbocycles. The van der Waals surface area contributed by atoms with E-state index in [2.05, 4.69) is 16.4 Å². The van der Waals surface area contributed by atoms with Crippen LogP contribution in [-0.2, 0) is 6.54 Å². The third kappa shape index (κ3) is 2.37. The van der Waals surface area contributed by atoms with E-state index < -0.39 is 0 Å². The molecule has 0 aliphatic heterocycles. The van der Waals surface area contributed by atoms with Gasteiger partial charge in [-0.1, -0.05) is 24.3 Å². The van der Waals surface area contributed by atoms with Crippen molar-refractivity contribution in [2.75, 3.05) is 12.4 Å². The zero-order valence-corrected chi connectivity index (χ0v) is 14.3. The van der Waals surface area contributed by atoms with Gasteiger partial charge in [0, 0.05) is 29.2 Å². The minimum atomic E-state index is 0.601. The molecule has 128 valence electrons. The number of ether oxygens (including phenoxy) is 1. The number of hydrogen-bond donors (Lipinski definition) is 1. The fourth-order valence-electron chi connectivity index (χ4n) is 3.32. The van der Waals surface area contributed by atoms with Crippen LogP contribution in [0.1, 0.15) is 5.69 Å². The second-order valence-electron chi connectivity index (χ2n) is 6.20. The number of nitrogens with zero attached hydrogens (tertiary/aromatic N) is 2. The standard InChI is InChI=1S/C21H17N3O2/c1-25-20-10-16-15-6-2-3-7-18(15)26-19(16)11-17(20)22-12-14-13-24-9-5-4-8-21(24)23-14/h2-11,13,22H,12H2,1H3. The number of methoxy groups -OCH3 is 1. The number of para-hydroxylation sites is 1. The molecule has 0 amide bonds. The molecule has 3 heterocycles. The Kier molecular flexibility index (Phi) is 3.31. The zero-order chi connectivity index (χ0) is 17.5. The Bertz CT molecular complexity index is 1200. The third-order valence-electron chi connectivity index (χ3n) is 4.57. The Labute approximate surface area is 149 Å². The molecule has 0 bridgehead atoms. The number of benzene rings is 2. The SMILES string of the molecule is COc1cc2c(cc1NCc1cn3ccccc3n1)oc1ccccc12.